The number of hydrogen-bond donors (Lipinski definition) is 2. The Morgan fingerprint density at radius 2 is 1.76 bits per heavy atom. The average Bonchev–Trinajstić information content (AvgIpc) is 2.56. The van der Waals surface area contributed by atoms with Crippen molar-refractivity contribution in [2.45, 2.75) is 40.7 Å². The first kappa shape index (κ1) is 18.7. The van der Waals surface area contributed by atoms with Crippen LogP contribution in [-0.2, 0) is 0 Å². The predicted octanol–water partition coefficient (Wildman–Crippen LogP) is 3.70. The molecule has 2 N–H and O–H groups in total. The number of benzene rings is 1. The molecular formula is C19H27N5O. The van der Waals surface area contributed by atoms with Crippen molar-refractivity contribution in [1.82, 2.24) is 9.97 Å². The van der Waals surface area contributed by atoms with Gasteiger partial charge in [-0.3, -0.25) is 4.79 Å². The summed E-state index contributed by atoms with van der Waals surface area (Å²) in [5.41, 5.74) is 2.99. The Bertz CT molecular complexity index is 708. The second kappa shape index (κ2) is 8.46. The third kappa shape index (κ3) is 5.17. The Labute approximate surface area is 149 Å². The van der Waals surface area contributed by atoms with E-state index in [1.54, 1.807) is 6.07 Å². The van der Waals surface area contributed by atoms with Gasteiger partial charge in [-0.15, -0.1) is 0 Å². The molecule has 0 aliphatic rings. The van der Waals surface area contributed by atoms with Crippen LogP contribution in [0.1, 0.15) is 43.9 Å². The number of carbonyl (C=O) groups excluding carboxylic acids is 1. The van der Waals surface area contributed by atoms with E-state index < -0.39 is 0 Å². The monoisotopic (exact) mass is 341 g/mol. The maximum absolute atomic E-state index is 12.5. The number of rotatable bonds is 7. The van der Waals surface area contributed by atoms with Crippen LogP contribution < -0.4 is 15.5 Å². The van der Waals surface area contributed by atoms with Crippen LogP contribution in [0.15, 0.2) is 30.3 Å². The van der Waals surface area contributed by atoms with Crippen LogP contribution in [0, 0.1) is 6.92 Å². The van der Waals surface area contributed by atoms with Gasteiger partial charge in [0.05, 0.1) is 0 Å². The lowest BCUT2D eigenvalue weighted by atomic mass is 10.2. The summed E-state index contributed by atoms with van der Waals surface area (Å²) in [4.78, 5) is 23.4. The molecule has 6 nitrogen and oxygen atoms in total. The van der Waals surface area contributed by atoms with Gasteiger partial charge in [-0.1, -0.05) is 0 Å². The fraction of sp³-hybridized carbons (Fsp3) is 0.421. The van der Waals surface area contributed by atoms with Crippen molar-refractivity contribution in [2.24, 2.45) is 0 Å². The number of carbonyl (C=O) groups is 1. The van der Waals surface area contributed by atoms with E-state index in [-0.39, 0.29) is 11.9 Å². The van der Waals surface area contributed by atoms with Crippen molar-refractivity contribution >= 4 is 23.2 Å². The number of anilines is 3. The van der Waals surface area contributed by atoms with Gasteiger partial charge in [0.2, 0.25) is 5.95 Å². The third-order valence-corrected chi connectivity index (χ3v) is 3.76. The highest BCUT2D eigenvalue weighted by Gasteiger charge is 2.12. The lowest BCUT2D eigenvalue weighted by molar-refractivity contribution is 0.102. The van der Waals surface area contributed by atoms with Crippen molar-refractivity contribution in [1.29, 1.82) is 0 Å². The van der Waals surface area contributed by atoms with Crippen LogP contribution in [0.25, 0.3) is 0 Å². The lowest BCUT2D eigenvalue weighted by Crippen LogP contribution is -2.21. The van der Waals surface area contributed by atoms with Gasteiger partial charge in [-0.25, -0.2) is 9.97 Å². The summed E-state index contributed by atoms with van der Waals surface area (Å²) in [6.07, 6.45) is 0. The molecule has 0 spiro atoms. The number of nitrogens with zero attached hydrogens (tertiary/aromatic N) is 3. The number of aromatic nitrogens is 2. The summed E-state index contributed by atoms with van der Waals surface area (Å²) in [6.45, 7) is 12.0. The maximum Gasteiger partial charge on any atom is 0.274 e. The molecule has 6 heteroatoms. The van der Waals surface area contributed by atoms with Gasteiger partial charge in [0.15, 0.2) is 0 Å². The summed E-state index contributed by atoms with van der Waals surface area (Å²) in [5, 5.41) is 6.02. The molecular weight excluding hydrogens is 314 g/mol. The van der Waals surface area contributed by atoms with E-state index in [0.717, 1.165) is 30.2 Å². The molecule has 0 saturated carbocycles. The van der Waals surface area contributed by atoms with Crippen LogP contribution in [0.4, 0.5) is 17.3 Å². The Morgan fingerprint density at radius 3 is 2.32 bits per heavy atom. The third-order valence-electron chi connectivity index (χ3n) is 3.76. The standard InChI is InChI=1S/C19H27N5O/c1-6-24(7-2)16-10-8-15(9-11-16)22-18(25)17-12-14(5)21-19(23-17)20-13(3)4/h8-13H,6-7H2,1-5H3,(H,22,25)(H,20,21,23). The molecule has 0 saturated heterocycles. The van der Waals surface area contributed by atoms with E-state index in [9.17, 15) is 4.79 Å². The van der Waals surface area contributed by atoms with Crippen molar-refractivity contribution in [3.8, 4) is 0 Å². The van der Waals surface area contributed by atoms with Gasteiger partial charge in [-0.05, 0) is 65.0 Å². The number of aryl methyl sites for hydroxylation is 1. The number of hydrogen-bond acceptors (Lipinski definition) is 5. The zero-order valence-corrected chi connectivity index (χ0v) is 15.6. The highest BCUT2D eigenvalue weighted by molar-refractivity contribution is 6.03. The van der Waals surface area contributed by atoms with Gasteiger partial charge in [-0.2, -0.15) is 0 Å². The second-order valence-corrected chi connectivity index (χ2v) is 6.19. The fourth-order valence-electron chi connectivity index (χ4n) is 2.55. The Morgan fingerprint density at radius 1 is 1.12 bits per heavy atom. The van der Waals surface area contributed by atoms with Crippen molar-refractivity contribution in [2.75, 3.05) is 28.6 Å². The smallest absolute Gasteiger partial charge is 0.274 e. The molecule has 0 aliphatic heterocycles. The summed E-state index contributed by atoms with van der Waals surface area (Å²) in [5.74, 6) is 0.227. The minimum absolute atomic E-state index is 0.199. The zero-order valence-electron chi connectivity index (χ0n) is 15.6. The van der Waals surface area contributed by atoms with Gasteiger partial charge >= 0.3 is 0 Å². The van der Waals surface area contributed by atoms with Gasteiger partial charge in [0.1, 0.15) is 5.69 Å². The maximum atomic E-state index is 12.5. The average molecular weight is 341 g/mol. The normalized spacial score (nSPS) is 10.6. The predicted molar refractivity (Wildman–Crippen MR) is 103 cm³/mol. The first-order chi connectivity index (χ1) is 11.9. The van der Waals surface area contributed by atoms with Gasteiger partial charge in [0.25, 0.3) is 5.91 Å². The summed E-state index contributed by atoms with van der Waals surface area (Å²) < 4.78 is 0. The largest absolute Gasteiger partial charge is 0.372 e. The molecule has 1 heterocycles. The fourth-order valence-corrected chi connectivity index (χ4v) is 2.55. The summed E-state index contributed by atoms with van der Waals surface area (Å²) in [6, 6.07) is 9.73. The molecule has 25 heavy (non-hydrogen) atoms. The van der Waals surface area contributed by atoms with E-state index in [0.29, 0.717) is 11.6 Å². The molecule has 134 valence electrons. The molecule has 0 bridgehead atoms. The molecule has 1 aromatic heterocycles. The van der Waals surface area contributed by atoms with Gasteiger partial charge < -0.3 is 15.5 Å². The molecule has 0 fully saturated rings. The molecule has 0 unspecified atom stereocenters. The molecule has 2 rings (SSSR count). The summed E-state index contributed by atoms with van der Waals surface area (Å²) in [7, 11) is 0. The summed E-state index contributed by atoms with van der Waals surface area (Å²) >= 11 is 0. The van der Waals surface area contributed by atoms with E-state index in [2.05, 4.69) is 39.3 Å². The highest BCUT2D eigenvalue weighted by Crippen LogP contribution is 2.18. The van der Waals surface area contributed by atoms with E-state index in [1.807, 2.05) is 45.0 Å². The Hall–Kier alpha value is -2.63. The van der Waals surface area contributed by atoms with E-state index >= 15 is 0 Å². The van der Waals surface area contributed by atoms with E-state index in [1.165, 1.54) is 0 Å². The number of nitrogens with one attached hydrogen (secondary N) is 2. The first-order valence-corrected chi connectivity index (χ1v) is 8.71. The minimum atomic E-state index is -0.243. The molecule has 2 aromatic rings. The molecule has 1 aromatic carbocycles. The Kier molecular flexibility index (Phi) is 6.33. The van der Waals surface area contributed by atoms with E-state index in [4.69, 9.17) is 0 Å². The van der Waals surface area contributed by atoms with Crippen molar-refractivity contribution in [3.63, 3.8) is 0 Å². The molecule has 0 atom stereocenters. The van der Waals surface area contributed by atoms with Crippen LogP contribution >= 0.6 is 0 Å². The zero-order chi connectivity index (χ0) is 18.4. The number of amides is 1. The van der Waals surface area contributed by atoms with Gasteiger partial charge in [0, 0.05) is 36.2 Å². The SMILES string of the molecule is CCN(CC)c1ccc(NC(=O)c2cc(C)nc(NC(C)C)n2)cc1. The quantitative estimate of drug-likeness (QED) is 0.803. The second-order valence-electron chi connectivity index (χ2n) is 6.19. The minimum Gasteiger partial charge on any atom is -0.372 e. The molecule has 1 amide bonds. The van der Waals surface area contributed by atoms with Crippen LogP contribution in [0.5, 0.6) is 0 Å². The topological polar surface area (TPSA) is 70.2 Å². The van der Waals surface area contributed by atoms with Crippen LogP contribution in [0.3, 0.4) is 0 Å². The van der Waals surface area contributed by atoms with Crippen LogP contribution in [-0.4, -0.2) is 35.0 Å². The molecule has 0 radical (unpaired) electrons. The first-order valence-electron chi connectivity index (χ1n) is 8.71. The lowest BCUT2D eigenvalue weighted by Gasteiger charge is -2.21. The van der Waals surface area contributed by atoms with Crippen molar-refractivity contribution < 1.29 is 4.79 Å². The highest BCUT2D eigenvalue weighted by atomic mass is 16.1. The molecule has 0 aliphatic carbocycles. The Balaban J connectivity index is 2.12. The van der Waals surface area contributed by atoms with Crippen molar-refractivity contribution in [3.05, 3.63) is 41.7 Å². The van der Waals surface area contributed by atoms with Crippen LogP contribution in [0.2, 0.25) is 0 Å².